The SMILES string of the molecule is COc1ccc(Oc2ccc(Cl)cc2NC(=O)c2ccc(Cn3ccnc3C)cc2)cc1. The van der Waals surface area contributed by atoms with Crippen LogP contribution in [0.1, 0.15) is 21.7 Å². The fourth-order valence-corrected chi connectivity index (χ4v) is 3.36. The summed E-state index contributed by atoms with van der Waals surface area (Å²) in [7, 11) is 1.61. The highest BCUT2D eigenvalue weighted by Gasteiger charge is 2.12. The van der Waals surface area contributed by atoms with Crippen molar-refractivity contribution in [3.05, 3.63) is 101 Å². The number of rotatable bonds is 7. The van der Waals surface area contributed by atoms with Gasteiger partial charge in [-0.1, -0.05) is 23.7 Å². The van der Waals surface area contributed by atoms with Crippen LogP contribution in [0.2, 0.25) is 5.02 Å². The van der Waals surface area contributed by atoms with Crippen LogP contribution in [-0.4, -0.2) is 22.6 Å². The van der Waals surface area contributed by atoms with E-state index >= 15 is 0 Å². The number of aryl methyl sites for hydroxylation is 1. The lowest BCUT2D eigenvalue weighted by molar-refractivity contribution is 0.102. The van der Waals surface area contributed by atoms with Crippen molar-refractivity contribution in [1.29, 1.82) is 0 Å². The van der Waals surface area contributed by atoms with Gasteiger partial charge in [0.15, 0.2) is 5.75 Å². The number of halogens is 1. The number of ether oxygens (including phenoxy) is 2. The molecule has 0 atom stereocenters. The first kappa shape index (κ1) is 21.5. The number of imidazole rings is 1. The number of aromatic nitrogens is 2. The first-order chi connectivity index (χ1) is 15.5. The molecule has 0 saturated carbocycles. The van der Waals surface area contributed by atoms with Gasteiger partial charge in [-0.05, 0) is 67.1 Å². The second kappa shape index (κ2) is 9.58. The van der Waals surface area contributed by atoms with Crippen molar-refractivity contribution in [1.82, 2.24) is 9.55 Å². The van der Waals surface area contributed by atoms with E-state index in [0.29, 0.717) is 34.3 Å². The van der Waals surface area contributed by atoms with E-state index in [4.69, 9.17) is 21.1 Å². The lowest BCUT2D eigenvalue weighted by Crippen LogP contribution is -2.12. The van der Waals surface area contributed by atoms with Crippen LogP contribution in [0.5, 0.6) is 17.2 Å². The van der Waals surface area contributed by atoms with Gasteiger partial charge in [0, 0.05) is 29.5 Å². The molecule has 0 aliphatic rings. The van der Waals surface area contributed by atoms with Gasteiger partial charge in [-0.15, -0.1) is 0 Å². The molecule has 0 radical (unpaired) electrons. The van der Waals surface area contributed by atoms with Gasteiger partial charge in [0.25, 0.3) is 5.91 Å². The Kier molecular flexibility index (Phi) is 6.42. The van der Waals surface area contributed by atoms with E-state index in [1.807, 2.05) is 29.8 Å². The lowest BCUT2D eigenvalue weighted by Gasteiger charge is -2.13. The van der Waals surface area contributed by atoms with Gasteiger partial charge in [0.2, 0.25) is 0 Å². The minimum absolute atomic E-state index is 0.253. The fraction of sp³-hybridized carbons (Fsp3) is 0.120. The summed E-state index contributed by atoms with van der Waals surface area (Å²) in [6.45, 7) is 2.65. The largest absolute Gasteiger partial charge is 0.497 e. The lowest BCUT2D eigenvalue weighted by atomic mass is 10.1. The standard InChI is InChI=1S/C25H22ClN3O3/c1-17-27-13-14-29(17)16-18-3-5-19(6-4-18)25(30)28-23-15-20(26)7-12-24(23)32-22-10-8-21(31-2)9-11-22/h3-15H,16H2,1-2H3,(H,28,30). The second-order valence-electron chi connectivity index (χ2n) is 7.17. The fourth-order valence-electron chi connectivity index (χ4n) is 3.18. The molecule has 0 bridgehead atoms. The Bertz CT molecular complexity index is 1220. The molecule has 0 saturated heterocycles. The number of carbonyl (C=O) groups is 1. The highest BCUT2D eigenvalue weighted by molar-refractivity contribution is 6.31. The summed E-state index contributed by atoms with van der Waals surface area (Å²) in [5, 5.41) is 3.39. The maximum Gasteiger partial charge on any atom is 0.255 e. The zero-order valence-electron chi connectivity index (χ0n) is 17.7. The van der Waals surface area contributed by atoms with Crippen molar-refractivity contribution < 1.29 is 14.3 Å². The summed E-state index contributed by atoms with van der Waals surface area (Å²) in [6.07, 6.45) is 3.70. The van der Waals surface area contributed by atoms with Crippen molar-refractivity contribution >= 4 is 23.2 Å². The normalized spacial score (nSPS) is 10.6. The third kappa shape index (κ3) is 5.10. The van der Waals surface area contributed by atoms with Crippen molar-refractivity contribution in [3.8, 4) is 17.2 Å². The average Bonchev–Trinajstić information content (AvgIpc) is 3.21. The molecule has 4 aromatic rings. The molecule has 0 aliphatic carbocycles. The van der Waals surface area contributed by atoms with Crippen LogP contribution in [0.25, 0.3) is 0 Å². The first-order valence-corrected chi connectivity index (χ1v) is 10.4. The van der Waals surface area contributed by atoms with Crippen molar-refractivity contribution in [2.24, 2.45) is 0 Å². The van der Waals surface area contributed by atoms with Gasteiger partial charge in [-0.25, -0.2) is 4.98 Å². The van der Waals surface area contributed by atoms with Crippen LogP contribution in [0.4, 0.5) is 5.69 Å². The molecule has 0 spiro atoms. The van der Waals surface area contributed by atoms with Crippen LogP contribution in [0.3, 0.4) is 0 Å². The molecular weight excluding hydrogens is 426 g/mol. The number of hydrogen-bond donors (Lipinski definition) is 1. The smallest absolute Gasteiger partial charge is 0.255 e. The molecule has 162 valence electrons. The quantitative estimate of drug-likeness (QED) is 0.380. The zero-order chi connectivity index (χ0) is 22.5. The molecule has 7 heteroatoms. The number of anilines is 1. The number of benzene rings is 3. The van der Waals surface area contributed by atoms with Crippen LogP contribution in [0.15, 0.2) is 79.1 Å². The molecule has 32 heavy (non-hydrogen) atoms. The average molecular weight is 448 g/mol. The maximum atomic E-state index is 12.9. The van der Waals surface area contributed by atoms with Crippen molar-refractivity contribution in [2.45, 2.75) is 13.5 Å². The van der Waals surface area contributed by atoms with Gasteiger partial charge in [0.05, 0.1) is 12.8 Å². The summed E-state index contributed by atoms with van der Waals surface area (Å²) in [5.74, 6) is 2.52. The number of carbonyl (C=O) groups excluding carboxylic acids is 1. The number of nitrogens with one attached hydrogen (secondary N) is 1. The Morgan fingerprint density at radius 1 is 1.03 bits per heavy atom. The topological polar surface area (TPSA) is 65.4 Å². The van der Waals surface area contributed by atoms with Gasteiger partial charge >= 0.3 is 0 Å². The molecule has 0 unspecified atom stereocenters. The van der Waals surface area contributed by atoms with E-state index in [2.05, 4.69) is 10.3 Å². The zero-order valence-corrected chi connectivity index (χ0v) is 18.5. The van der Waals surface area contributed by atoms with E-state index in [1.165, 1.54) is 0 Å². The Morgan fingerprint density at radius 2 is 1.75 bits per heavy atom. The first-order valence-electron chi connectivity index (χ1n) is 10.0. The third-order valence-electron chi connectivity index (χ3n) is 4.97. The number of methoxy groups -OCH3 is 1. The summed E-state index contributed by atoms with van der Waals surface area (Å²) in [5.41, 5.74) is 2.09. The summed E-state index contributed by atoms with van der Waals surface area (Å²) >= 11 is 6.16. The number of hydrogen-bond acceptors (Lipinski definition) is 4. The molecule has 6 nitrogen and oxygen atoms in total. The van der Waals surface area contributed by atoms with Gasteiger partial charge in [0.1, 0.15) is 17.3 Å². The molecule has 1 aromatic heterocycles. The molecule has 0 fully saturated rings. The van der Waals surface area contributed by atoms with Gasteiger partial charge in [-0.2, -0.15) is 0 Å². The molecule has 1 heterocycles. The van der Waals surface area contributed by atoms with E-state index in [9.17, 15) is 4.79 Å². The molecule has 4 rings (SSSR count). The Labute approximate surface area is 191 Å². The Morgan fingerprint density at radius 3 is 2.41 bits per heavy atom. The molecule has 1 N–H and O–H groups in total. The predicted molar refractivity (Wildman–Crippen MR) is 125 cm³/mol. The highest BCUT2D eigenvalue weighted by atomic mass is 35.5. The summed E-state index contributed by atoms with van der Waals surface area (Å²) < 4.78 is 13.2. The van der Waals surface area contributed by atoms with E-state index < -0.39 is 0 Å². The molecule has 0 aliphatic heterocycles. The van der Waals surface area contributed by atoms with Gasteiger partial charge in [-0.3, -0.25) is 4.79 Å². The highest BCUT2D eigenvalue weighted by Crippen LogP contribution is 2.33. The monoisotopic (exact) mass is 447 g/mol. The summed E-state index contributed by atoms with van der Waals surface area (Å²) in [6, 6.07) is 19.7. The third-order valence-corrected chi connectivity index (χ3v) is 5.20. The van der Waals surface area contributed by atoms with Crippen LogP contribution >= 0.6 is 11.6 Å². The summed E-state index contributed by atoms with van der Waals surface area (Å²) in [4.78, 5) is 17.1. The Hall–Kier alpha value is -3.77. The second-order valence-corrected chi connectivity index (χ2v) is 7.61. The van der Waals surface area contributed by atoms with Gasteiger partial charge < -0.3 is 19.4 Å². The van der Waals surface area contributed by atoms with E-state index in [1.54, 1.807) is 67.9 Å². The van der Waals surface area contributed by atoms with E-state index in [-0.39, 0.29) is 5.91 Å². The van der Waals surface area contributed by atoms with Crippen molar-refractivity contribution in [2.75, 3.05) is 12.4 Å². The molecular formula is C25H22ClN3O3. The Balaban J connectivity index is 1.48. The molecule has 3 aromatic carbocycles. The predicted octanol–water partition coefficient (Wildman–Crippen LogP) is 5.95. The minimum Gasteiger partial charge on any atom is -0.497 e. The van der Waals surface area contributed by atoms with Crippen LogP contribution in [-0.2, 0) is 6.54 Å². The number of nitrogens with zero attached hydrogens (tertiary/aromatic N) is 2. The maximum absolute atomic E-state index is 12.9. The van der Waals surface area contributed by atoms with E-state index in [0.717, 1.165) is 17.1 Å². The van der Waals surface area contributed by atoms with Crippen LogP contribution in [0, 0.1) is 6.92 Å². The van der Waals surface area contributed by atoms with Crippen LogP contribution < -0.4 is 14.8 Å². The minimum atomic E-state index is -0.253. The molecule has 1 amide bonds. The van der Waals surface area contributed by atoms with Crippen molar-refractivity contribution in [3.63, 3.8) is 0 Å². The number of amides is 1.